The molecule has 0 aliphatic carbocycles. The molecule has 1 atom stereocenters. The van der Waals surface area contributed by atoms with Gasteiger partial charge in [0.15, 0.2) is 0 Å². The number of piperazine rings is 1. The van der Waals surface area contributed by atoms with Crippen molar-refractivity contribution in [2.45, 2.75) is 13.2 Å². The van der Waals surface area contributed by atoms with Gasteiger partial charge in [-0.25, -0.2) is 4.98 Å². The molecule has 2 fully saturated rings. The van der Waals surface area contributed by atoms with Crippen molar-refractivity contribution >= 4 is 16.6 Å². The van der Waals surface area contributed by atoms with E-state index in [1.54, 1.807) is 0 Å². The highest BCUT2D eigenvalue weighted by molar-refractivity contribution is 5.95. The molecule has 30 heavy (non-hydrogen) atoms. The van der Waals surface area contributed by atoms with Gasteiger partial charge >= 0.3 is 6.23 Å². The van der Waals surface area contributed by atoms with Gasteiger partial charge in [-0.2, -0.15) is 0 Å². The number of likely N-dealkylation sites (N-methyl/N-ethyl adjacent to an activating group) is 1. The molecule has 2 aromatic carbocycles. The van der Waals surface area contributed by atoms with Gasteiger partial charge in [-0.1, -0.05) is 43.3 Å². The Kier molecular flexibility index (Phi) is 5.19. The van der Waals surface area contributed by atoms with Crippen molar-refractivity contribution in [3.63, 3.8) is 0 Å². The monoisotopic (exact) mass is 403 g/mol. The maximum absolute atomic E-state index is 11.9. The minimum Gasteiger partial charge on any atom is -0.354 e. The first-order valence-corrected chi connectivity index (χ1v) is 10.8. The van der Waals surface area contributed by atoms with Crippen LogP contribution in [0.15, 0.2) is 54.6 Å². The lowest BCUT2D eigenvalue weighted by Crippen LogP contribution is -2.46. The SMILES string of the molecule is CCN1CCN(c2nc(-c3ccc(C4OCC[N+]4=O)cc3)cc3ccccc23)CC1. The van der Waals surface area contributed by atoms with Gasteiger partial charge in [0.2, 0.25) is 6.54 Å². The van der Waals surface area contributed by atoms with Gasteiger partial charge in [-0.3, -0.25) is 0 Å². The van der Waals surface area contributed by atoms with Gasteiger partial charge in [-0.05, 0) is 30.1 Å². The summed E-state index contributed by atoms with van der Waals surface area (Å²) in [6, 6.07) is 18.7. The number of hydrogen-bond acceptors (Lipinski definition) is 5. The van der Waals surface area contributed by atoms with Crippen LogP contribution in [-0.2, 0) is 4.74 Å². The lowest BCUT2D eigenvalue weighted by atomic mass is 10.0. The predicted octanol–water partition coefficient (Wildman–Crippen LogP) is 3.85. The van der Waals surface area contributed by atoms with Crippen LogP contribution in [0.1, 0.15) is 18.7 Å². The Morgan fingerprint density at radius 3 is 2.53 bits per heavy atom. The number of benzene rings is 2. The number of fused-ring (bicyclic) bond motifs is 1. The molecule has 3 aromatic rings. The van der Waals surface area contributed by atoms with E-state index in [0.29, 0.717) is 13.2 Å². The van der Waals surface area contributed by atoms with E-state index >= 15 is 0 Å². The van der Waals surface area contributed by atoms with E-state index in [-0.39, 0.29) is 0 Å². The quantitative estimate of drug-likeness (QED) is 0.620. The highest BCUT2D eigenvalue weighted by atomic mass is 16.5. The average Bonchev–Trinajstić information content (AvgIpc) is 3.24. The van der Waals surface area contributed by atoms with Crippen LogP contribution in [0, 0.1) is 4.91 Å². The fraction of sp³-hybridized carbons (Fsp3) is 0.375. The highest BCUT2D eigenvalue weighted by Gasteiger charge is 2.34. The summed E-state index contributed by atoms with van der Waals surface area (Å²) in [5, 5.41) is 2.40. The molecule has 2 aliphatic heterocycles. The molecule has 0 radical (unpaired) electrons. The molecule has 6 nitrogen and oxygen atoms in total. The van der Waals surface area contributed by atoms with E-state index in [1.807, 2.05) is 24.3 Å². The van der Waals surface area contributed by atoms with Crippen molar-refractivity contribution in [3.8, 4) is 11.3 Å². The van der Waals surface area contributed by atoms with Gasteiger partial charge in [0, 0.05) is 46.8 Å². The Morgan fingerprint density at radius 2 is 1.83 bits per heavy atom. The van der Waals surface area contributed by atoms with E-state index in [4.69, 9.17) is 9.72 Å². The molecule has 5 rings (SSSR count). The largest absolute Gasteiger partial charge is 0.354 e. The second-order valence-corrected chi connectivity index (χ2v) is 7.96. The summed E-state index contributed by atoms with van der Waals surface area (Å²) >= 11 is 0. The molecule has 0 spiro atoms. The van der Waals surface area contributed by atoms with E-state index in [2.05, 4.69) is 47.1 Å². The van der Waals surface area contributed by atoms with Crippen molar-refractivity contribution in [1.29, 1.82) is 0 Å². The minimum absolute atomic E-state index is 0.424. The van der Waals surface area contributed by atoms with E-state index in [0.717, 1.165) is 60.1 Å². The summed E-state index contributed by atoms with van der Waals surface area (Å²) in [7, 11) is 0. The van der Waals surface area contributed by atoms with Crippen LogP contribution < -0.4 is 4.90 Å². The molecule has 1 aromatic heterocycles. The maximum Gasteiger partial charge on any atom is 0.332 e. The fourth-order valence-electron chi connectivity index (χ4n) is 4.38. The maximum atomic E-state index is 11.9. The molecule has 0 amide bonds. The van der Waals surface area contributed by atoms with Gasteiger partial charge in [0.25, 0.3) is 0 Å². The molecular formula is C24H27N4O2+. The van der Waals surface area contributed by atoms with E-state index in [1.165, 1.54) is 10.8 Å². The summed E-state index contributed by atoms with van der Waals surface area (Å²) in [6.45, 7) is 8.34. The Hall–Kier alpha value is -2.83. The third-order valence-electron chi connectivity index (χ3n) is 6.18. The molecule has 2 saturated heterocycles. The van der Waals surface area contributed by atoms with Crippen molar-refractivity contribution < 1.29 is 9.50 Å². The third kappa shape index (κ3) is 3.57. The van der Waals surface area contributed by atoms with Crippen LogP contribution in [0.2, 0.25) is 0 Å². The van der Waals surface area contributed by atoms with Crippen LogP contribution in [0.5, 0.6) is 0 Å². The Labute approximate surface area is 176 Å². The number of rotatable bonds is 4. The van der Waals surface area contributed by atoms with Gasteiger partial charge < -0.3 is 14.5 Å². The number of nitroso groups, excluding NO2 is 1. The number of aromatic nitrogens is 1. The fourth-order valence-corrected chi connectivity index (χ4v) is 4.38. The van der Waals surface area contributed by atoms with Gasteiger partial charge in [0.1, 0.15) is 12.4 Å². The zero-order valence-corrected chi connectivity index (χ0v) is 17.3. The summed E-state index contributed by atoms with van der Waals surface area (Å²) in [4.78, 5) is 21.9. The summed E-state index contributed by atoms with van der Waals surface area (Å²) < 4.78 is 6.56. The van der Waals surface area contributed by atoms with Crippen molar-refractivity contribution in [3.05, 3.63) is 65.1 Å². The van der Waals surface area contributed by atoms with Gasteiger partial charge in [-0.15, -0.1) is 0 Å². The summed E-state index contributed by atoms with van der Waals surface area (Å²) in [6.07, 6.45) is -0.492. The molecule has 2 aliphatic rings. The van der Waals surface area contributed by atoms with E-state index < -0.39 is 6.23 Å². The van der Waals surface area contributed by atoms with Crippen molar-refractivity contribution in [2.24, 2.45) is 0 Å². The summed E-state index contributed by atoms with van der Waals surface area (Å²) in [5.41, 5.74) is 2.90. The molecule has 6 heteroatoms. The standard InChI is InChI=1S/C24H27N4O2/c1-2-26-11-13-27(14-12-26)23-21-6-4-3-5-20(21)17-22(25-23)18-7-9-19(10-8-18)24-28(29)15-16-30-24/h3-10,17,24H,2,11-16H2,1H3/q+1. The van der Waals surface area contributed by atoms with E-state index in [9.17, 15) is 4.91 Å². The first-order chi connectivity index (χ1) is 14.7. The number of anilines is 1. The molecule has 3 heterocycles. The first-order valence-electron chi connectivity index (χ1n) is 10.8. The topological polar surface area (TPSA) is 48.7 Å². The third-order valence-corrected chi connectivity index (χ3v) is 6.18. The minimum atomic E-state index is -0.492. The number of hydrogen-bond donors (Lipinski definition) is 0. The van der Waals surface area contributed by atoms with Crippen LogP contribution in [0.4, 0.5) is 5.82 Å². The Bertz CT molecular complexity index is 1060. The first kappa shape index (κ1) is 19.2. The average molecular weight is 404 g/mol. The van der Waals surface area contributed by atoms with Crippen LogP contribution in [0.3, 0.4) is 0 Å². The Morgan fingerprint density at radius 1 is 1.07 bits per heavy atom. The van der Waals surface area contributed by atoms with Gasteiger partial charge in [0.05, 0.1) is 11.3 Å². The molecule has 0 bridgehead atoms. The highest BCUT2D eigenvalue weighted by Crippen LogP contribution is 2.32. The molecule has 154 valence electrons. The molecular weight excluding hydrogens is 376 g/mol. The predicted molar refractivity (Wildman–Crippen MR) is 119 cm³/mol. The molecule has 0 N–H and O–H groups in total. The smallest absolute Gasteiger partial charge is 0.332 e. The molecule has 0 saturated carbocycles. The molecule has 1 unspecified atom stereocenters. The lowest BCUT2D eigenvalue weighted by molar-refractivity contribution is -0.596. The summed E-state index contributed by atoms with van der Waals surface area (Å²) in [5.74, 6) is 1.06. The zero-order chi connectivity index (χ0) is 20.5. The number of ether oxygens (including phenoxy) is 1. The van der Waals surface area contributed by atoms with Crippen LogP contribution in [0.25, 0.3) is 22.0 Å². The normalized spacial score (nSPS) is 20.2. The Balaban J connectivity index is 1.50. The van der Waals surface area contributed by atoms with Crippen LogP contribution >= 0.6 is 0 Å². The number of pyridine rings is 1. The lowest BCUT2D eigenvalue weighted by Gasteiger charge is -2.35. The number of nitrogens with zero attached hydrogens (tertiary/aromatic N) is 4. The second kappa shape index (κ2) is 8.13. The second-order valence-electron chi connectivity index (χ2n) is 7.96. The zero-order valence-electron chi connectivity index (χ0n) is 17.3. The van der Waals surface area contributed by atoms with Crippen molar-refractivity contribution in [1.82, 2.24) is 9.88 Å². The van der Waals surface area contributed by atoms with Crippen LogP contribution in [-0.4, -0.2) is 60.5 Å². The van der Waals surface area contributed by atoms with Crippen molar-refractivity contribution in [2.75, 3.05) is 50.8 Å².